The van der Waals surface area contributed by atoms with Crippen molar-refractivity contribution in [2.75, 3.05) is 21.3 Å². The van der Waals surface area contributed by atoms with Crippen molar-refractivity contribution >= 4 is 40.8 Å². The summed E-state index contributed by atoms with van der Waals surface area (Å²) in [5, 5.41) is 18.6. The second kappa shape index (κ2) is 8.34. The van der Waals surface area contributed by atoms with Gasteiger partial charge in [-0.15, -0.1) is 5.10 Å². The summed E-state index contributed by atoms with van der Waals surface area (Å²) in [5.41, 5.74) is 5.59. The number of fused-ring (bicyclic) bond motifs is 6. The summed E-state index contributed by atoms with van der Waals surface area (Å²) in [7, 11) is 0. The molecule has 6 bridgehead atoms. The standard InChI is InChI=1S/C22H21N9O/c1-13-11-23-20-27-16-4-2-3-14(9-16)5-6-15-10-17(26-19(13)29-20)7-8-18(15)28-22(32)30-21-24-12-25-31-21/h2-4,7-12H,5-6H2,1H3,(H2,23,26,27,29)(H3,24,25,28,30,31,32). The van der Waals surface area contributed by atoms with Crippen LogP contribution in [0.4, 0.5) is 39.6 Å². The highest BCUT2D eigenvalue weighted by atomic mass is 16.2. The van der Waals surface area contributed by atoms with Crippen molar-refractivity contribution < 1.29 is 4.79 Å². The van der Waals surface area contributed by atoms with E-state index in [1.165, 1.54) is 6.33 Å². The van der Waals surface area contributed by atoms with Gasteiger partial charge in [-0.1, -0.05) is 12.1 Å². The lowest BCUT2D eigenvalue weighted by molar-refractivity contribution is 0.262. The van der Waals surface area contributed by atoms with Crippen molar-refractivity contribution in [3.05, 3.63) is 71.7 Å². The van der Waals surface area contributed by atoms with Crippen LogP contribution in [0, 0.1) is 6.92 Å². The van der Waals surface area contributed by atoms with Crippen molar-refractivity contribution in [3.8, 4) is 0 Å². The highest BCUT2D eigenvalue weighted by Crippen LogP contribution is 2.27. The Bertz CT molecular complexity index is 1270. The summed E-state index contributed by atoms with van der Waals surface area (Å²) in [6.45, 7) is 1.95. The second-order valence-electron chi connectivity index (χ2n) is 7.45. The zero-order valence-corrected chi connectivity index (χ0v) is 17.3. The third-order valence-electron chi connectivity index (χ3n) is 5.09. The first kappa shape index (κ1) is 19.5. The molecule has 1 aliphatic rings. The van der Waals surface area contributed by atoms with Gasteiger partial charge in [0.15, 0.2) is 0 Å². The molecule has 3 heterocycles. The molecule has 5 N–H and O–H groups in total. The molecule has 160 valence electrons. The van der Waals surface area contributed by atoms with Crippen LogP contribution in [0.2, 0.25) is 0 Å². The lowest BCUT2D eigenvalue weighted by atomic mass is 10.0. The third-order valence-corrected chi connectivity index (χ3v) is 5.09. The minimum absolute atomic E-state index is 0.208. The number of carbonyl (C=O) groups is 1. The van der Waals surface area contributed by atoms with E-state index in [4.69, 9.17) is 0 Å². The molecule has 2 amide bonds. The van der Waals surface area contributed by atoms with Gasteiger partial charge in [-0.05, 0) is 61.2 Å². The Morgan fingerprint density at radius 2 is 1.91 bits per heavy atom. The molecule has 0 aliphatic carbocycles. The summed E-state index contributed by atoms with van der Waals surface area (Å²) in [6.07, 6.45) is 4.72. The highest BCUT2D eigenvalue weighted by Gasteiger charge is 2.13. The first-order chi connectivity index (χ1) is 15.6. The van der Waals surface area contributed by atoms with E-state index in [1.54, 1.807) is 6.20 Å². The lowest BCUT2D eigenvalue weighted by Gasteiger charge is -2.15. The number of aromatic amines is 1. The fourth-order valence-electron chi connectivity index (χ4n) is 3.50. The van der Waals surface area contributed by atoms with Crippen LogP contribution >= 0.6 is 0 Å². The molecule has 2 aromatic carbocycles. The molecule has 4 aromatic rings. The number of carbonyl (C=O) groups excluding carboxylic acids is 1. The molecule has 1 aliphatic heterocycles. The Labute approximate surface area is 183 Å². The first-order valence-electron chi connectivity index (χ1n) is 10.2. The van der Waals surface area contributed by atoms with Gasteiger partial charge in [-0.2, -0.15) is 4.98 Å². The maximum Gasteiger partial charge on any atom is 0.326 e. The largest absolute Gasteiger partial charge is 0.340 e. The molecule has 2 aromatic heterocycles. The Kier molecular flexibility index (Phi) is 5.08. The van der Waals surface area contributed by atoms with Gasteiger partial charge in [-0.3, -0.25) is 10.4 Å². The highest BCUT2D eigenvalue weighted by molar-refractivity contribution is 5.99. The van der Waals surface area contributed by atoms with Gasteiger partial charge in [0.1, 0.15) is 12.1 Å². The van der Waals surface area contributed by atoms with Crippen molar-refractivity contribution in [1.82, 2.24) is 25.1 Å². The van der Waals surface area contributed by atoms with E-state index in [9.17, 15) is 4.79 Å². The Morgan fingerprint density at radius 3 is 2.78 bits per heavy atom. The SMILES string of the molecule is Cc1cnc2nc1Nc1ccc(NC(=O)Nc3nc[nH]n3)c(c1)CCc1cccc(c1)N2. The lowest BCUT2D eigenvalue weighted by Crippen LogP contribution is -2.21. The van der Waals surface area contributed by atoms with Gasteiger partial charge < -0.3 is 16.0 Å². The number of hydrogen-bond acceptors (Lipinski definition) is 7. The molecule has 32 heavy (non-hydrogen) atoms. The quantitative estimate of drug-likeness (QED) is 0.325. The van der Waals surface area contributed by atoms with Gasteiger partial charge in [0.2, 0.25) is 11.9 Å². The Hall–Kier alpha value is -4.47. The molecule has 10 nitrogen and oxygen atoms in total. The fourth-order valence-corrected chi connectivity index (χ4v) is 3.50. The van der Waals surface area contributed by atoms with Gasteiger partial charge in [0.25, 0.3) is 0 Å². The molecule has 0 atom stereocenters. The van der Waals surface area contributed by atoms with Gasteiger partial charge >= 0.3 is 6.03 Å². The molecule has 0 saturated carbocycles. The molecule has 0 spiro atoms. The van der Waals surface area contributed by atoms with Crippen LogP contribution in [0.5, 0.6) is 0 Å². The maximum atomic E-state index is 12.4. The summed E-state index contributed by atoms with van der Waals surface area (Å²) >= 11 is 0. The summed E-state index contributed by atoms with van der Waals surface area (Å²) in [5.74, 6) is 1.45. The number of urea groups is 1. The number of benzene rings is 2. The van der Waals surface area contributed by atoms with Crippen LogP contribution in [0.1, 0.15) is 16.7 Å². The molecule has 10 heteroatoms. The normalized spacial score (nSPS) is 12.3. The average Bonchev–Trinajstić information content (AvgIpc) is 3.29. The van der Waals surface area contributed by atoms with Crippen LogP contribution < -0.4 is 21.3 Å². The minimum atomic E-state index is -0.410. The van der Waals surface area contributed by atoms with Gasteiger partial charge in [0, 0.05) is 28.8 Å². The molecule has 0 saturated heterocycles. The number of rotatable bonds is 2. The summed E-state index contributed by atoms with van der Waals surface area (Å²) < 4.78 is 0. The second-order valence-corrected chi connectivity index (χ2v) is 7.45. The zero-order valence-electron chi connectivity index (χ0n) is 17.3. The van der Waals surface area contributed by atoms with Crippen LogP contribution in [0.3, 0.4) is 0 Å². The van der Waals surface area contributed by atoms with Crippen molar-refractivity contribution in [2.24, 2.45) is 0 Å². The van der Waals surface area contributed by atoms with Gasteiger partial charge in [0.05, 0.1) is 0 Å². The summed E-state index contributed by atoms with van der Waals surface area (Å²) in [4.78, 5) is 25.4. The number of anilines is 6. The number of aromatic nitrogens is 5. The smallest absolute Gasteiger partial charge is 0.326 e. The molecular formula is C22H21N9O. The number of hydrogen-bond donors (Lipinski definition) is 5. The molecular weight excluding hydrogens is 406 g/mol. The maximum absolute atomic E-state index is 12.4. The minimum Gasteiger partial charge on any atom is -0.340 e. The van der Waals surface area contributed by atoms with E-state index >= 15 is 0 Å². The number of amides is 2. The predicted molar refractivity (Wildman–Crippen MR) is 123 cm³/mol. The molecule has 0 radical (unpaired) electrons. The fraction of sp³-hybridized carbons (Fsp3) is 0.136. The van der Waals surface area contributed by atoms with E-state index < -0.39 is 6.03 Å². The van der Waals surface area contributed by atoms with Gasteiger partial charge in [-0.25, -0.2) is 14.8 Å². The number of H-pyrrole nitrogens is 1. The number of nitrogens with one attached hydrogen (secondary N) is 5. The Morgan fingerprint density at radius 1 is 1.00 bits per heavy atom. The van der Waals surface area contributed by atoms with Crippen molar-refractivity contribution in [1.29, 1.82) is 0 Å². The van der Waals surface area contributed by atoms with Crippen LogP contribution in [-0.2, 0) is 12.8 Å². The third kappa shape index (κ3) is 4.33. The van der Waals surface area contributed by atoms with E-state index in [0.717, 1.165) is 40.9 Å². The van der Waals surface area contributed by atoms with E-state index in [0.29, 0.717) is 17.5 Å². The molecule has 0 fully saturated rings. The van der Waals surface area contributed by atoms with E-state index in [-0.39, 0.29) is 5.95 Å². The topological polar surface area (TPSA) is 133 Å². The number of nitrogens with zero attached hydrogens (tertiary/aromatic N) is 4. The summed E-state index contributed by atoms with van der Waals surface area (Å²) in [6, 6.07) is 13.6. The van der Waals surface area contributed by atoms with Crippen LogP contribution in [0.15, 0.2) is 55.0 Å². The first-order valence-corrected chi connectivity index (χ1v) is 10.2. The van der Waals surface area contributed by atoms with E-state index in [1.807, 2.05) is 37.3 Å². The van der Waals surface area contributed by atoms with Crippen LogP contribution in [-0.4, -0.2) is 31.2 Å². The molecule has 5 rings (SSSR count). The van der Waals surface area contributed by atoms with E-state index in [2.05, 4.69) is 58.5 Å². The van der Waals surface area contributed by atoms with Crippen molar-refractivity contribution in [3.63, 3.8) is 0 Å². The number of aryl methyl sites for hydroxylation is 3. The Balaban J connectivity index is 1.49. The zero-order chi connectivity index (χ0) is 21.9. The van der Waals surface area contributed by atoms with Crippen LogP contribution in [0.25, 0.3) is 0 Å². The van der Waals surface area contributed by atoms with Crippen molar-refractivity contribution in [2.45, 2.75) is 19.8 Å². The predicted octanol–water partition coefficient (Wildman–Crippen LogP) is 4.13. The monoisotopic (exact) mass is 427 g/mol. The molecule has 0 unspecified atom stereocenters. The average molecular weight is 427 g/mol.